The Hall–Kier alpha value is -1.30. The minimum absolute atomic E-state index is 0.0581. The molecule has 0 radical (unpaired) electrons. The number of hydrogen-bond donors (Lipinski definition) is 1. The molecule has 1 aliphatic rings. The van der Waals surface area contributed by atoms with Gasteiger partial charge in [-0.3, -0.25) is 9.69 Å². The van der Waals surface area contributed by atoms with Gasteiger partial charge in [-0.15, -0.1) is 0 Å². The summed E-state index contributed by atoms with van der Waals surface area (Å²) in [6, 6.07) is 0. The maximum Gasteiger partial charge on any atom is 0.410 e. The van der Waals surface area contributed by atoms with Gasteiger partial charge in [0, 0.05) is 13.7 Å². The van der Waals surface area contributed by atoms with Crippen LogP contribution in [-0.2, 0) is 14.3 Å². The summed E-state index contributed by atoms with van der Waals surface area (Å²) in [5.74, 6) is -0.194. The molecule has 1 fully saturated rings. The van der Waals surface area contributed by atoms with E-state index in [1.165, 1.54) is 4.90 Å². The molecule has 0 bridgehead atoms. The third-order valence-corrected chi connectivity index (χ3v) is 1.81. The van der Waals surface area contributed by atoms with E-state index in [2.05, 4.69) is 10.1 Å². The monoisotopic (exact) mass is 202 g/mol. The van der Waals surface area contributed by atoms with Crippen LogP contribution in [0, 0.1) is 0 Å². The van der Waals surface area contributed by atoms with Gasteiger partial charge in [0.2, 0.25) is 5.91 Å². The molecule has 0 aromatic carbocycles. The molecule has 1 saturated heterocycles. The standard InChI is InChI=1S/C8H14N2O4/c1-13-4-2-9-7(11)6-10-3-5-14-8(10)12/h2-6H2,1H3,(H,9,11). The fourth-order valence-corrected chi connectivity index (χ4v) is 1.09. The van der Waals surface area contributed by atoms with Crippen LogP contribution in [0.3, 0.4) is 0 Å². The Kier molecular flexibility index (Phi) is 4.18. The van der Waals surface area contributed by atoms with Crippen molar-refractivity contribution in [1.82, 2.24) is 10.2 Å². The van der Waals surface area contributed by atoms with Crippen molar-refractivity contribution >= 4 is 12.0 Å². The number of nitrogens with one attached hydrogen (secondary N) is 1. The first-order chi connectivity index (χ1) is 6.74. The Morgan fingerprint density at radius 2 is 2.50 bits per heavy atom. The van der Waals surface area contributed by atoms with Crippen molar-refractivity contribution in [3.05, 3.63) is 0 Å². The van der Waals surface area contributed by atoms with Crippen molar-refractivity contribution in [1.29, 1.82) is 0 Å². The zero-order valence-corrected chi connectivity index (χ0v) is 8.12. The van der Waals surface area contributed by atoms with Crippen LogP contribution >= 0.6 is 0 Å². The molecule has 1 aliphatic heterocycles. The summed E-state index contributed by atoms with van der Waals surface area (Å²) >= 11 is 0. The minimum atomic E-state index is -0.424. The number of hydrogen-bond acceptors (Lipinski definition) is 4. The first-order valence-electron chi connectivity index (χ1n) is 4.41. The van der Waals surface area contributed by atoms with Crippen molar-refractivity contribution in [2.45, 2.75) is 0 Å². The highest BCUT2D eigenvalue weighted by atomic mass is 16.6. The summed E-state index contributed by atoms with van der Waals surface area (Å²) in [6.45, 7) is 1.83. The molecule has 0 aromatic heterocycles. The summed E-state index contributed by atoms with van der Waals surface area (Å²) in [7, 11) is 1.56. The quantitative estimate of drug-likeness (QED) is 0.593. The molecule has 0 saturated carbocycles. The summed E-state index contributed by atoms with van der Waals surface area (Å²) in [5, 5.41) is 2.62. The van der Waals surface area contributed by atoms with Gasteiger partial charge in [0.15, 0.2) is 0 Å². The van der Waals surface area contributed by atoms with Crippen LogP contribution < -0.4 is 5.32 Å². The Morgan fingerprint density at radius 3 is 3.07 bits per heavy atom. The number of ether oxygens (including phenoxy) is 2. The van der Waals surface area contributed by atoms with E-state index in [4.69, 9.17) is 4.74 Å². The lowest BCUT2D eigenvalue weighted by Gasteiger charge is -2.11. The maximum absolute atomic E-state index is 11.2. The topological polar surface area (TPSA) is 67.9 Å². The van der Waals surface area contributed by atoms with Gasteiger partial charge in [0.05, 0.1) is 13.2 Å². The first kappa shape index (κ1) is 10.8. The molecule has 1 rings (SSSR count). The lowest BCUT2D eigenvalue weighted by Crippen LogP contribution is -2.38. The molecule has 0 unspecified atom stereocenters. The molecule has 6 nitrogen and oxygen atoms in total. The molecule has 6 heteroatoms. The molecular weight excluding hydrogens is 188 g/mol. The van der Waals surface area contributed by atoms with Crippen molar-refractivity contribution in [3.63, 3.8) is 0 Å². The second-order valence-electron chi connectivity index (χ2n) is 2.88. The van der Waals surface area contributed by atoms with E-state index in [1.54, 1.807) is 7.11 Å². The van der Waals surface area contributed by atoms with Crippen LogP contribution in [0.1, 0.15) is 0 Å². The van der Waals surface area contributed by atoms with E-state index in [0.717, 1.165) is 0 Å². The Bertz CT molecular complexity index is 219. The molecule has 1 heterocycles. The number of cyclic esters (lactones) is 1. The second kappa shape index (κ2) is 5.43. The Labute approximate surface area is 82.1 Å². The smallest absolute Gasteiger partial charge is 0.410 e. The van der Waals surface area contributed by atoms with Gasteiger partial charge in [-0.2, -0.15) is 0 Å². The van der Waals surface area contributed by atoms with Gasteiger partial charge in [-0.25, -0.2) is 4.79 Å². The van der Waals surface area contributed by atoms with E-state index >= 15 is 0 Å². The van der Waals surface area contributed by atoms with Crippen molar-refractivity contribution in [2.24, 2.45) is 0 Å². The molecule has 0 spiro atoms. The second-order valence-corrected chi connectivity index (χ2v) is 2.88. The summed E-state index contributed by atoms with van der Waals surface area (Å²) in [4.78, 5) is 23.5. The molecular formula is C8H14N2O4. The highest BCUT2D eigenvalue weighted by Gasteiger charge is 2.23. The Morgan fingerprint density at radius 1 is 1.71 bits per heavy atom. The normalized spacial score (nSPS) is 15.5. The average molecular weight is 202 g/mol. The van der Waals surface area contributed by atoms with Gasteiger partial charge in [-0.1, -0.05) is 0 Å². The predicted molar refractivity (Wildman–Crippen MR) is 47.8 cm³/mol. The number of rotatable bonds is 5. The van der Waals surface area contributed by atoms with Crippen LogP contribution in [0.5, 0.6) is 0 Å². The van der Waals surface area contributed by atoms with Crippen LogP contribution in [0.2, 0.25) is 0 Å². The van der Waals surface area contributed by atoms with Gasteiger partial charge in [-0.05, 0) is 0 Å². The Balaban J connectivity index is 2.16. The van der Waals surface area contributed by atoms with Gasteiger partial charge in [0.25, 0.3) is 0 Å². The molecule has 0 aromatic rings. The third kappa shape index (κ3) is 3.21. The first-order valence-corrected chi connectivity index (χ1v) is 4.41. The van der Waals surface area contributed by atoms with Gasteiger partial charge in [0.1, 0.15) is 13.2 Å². The van der Waals surface area contributed by atoms with E-state index in [0.29, 0.717) is 26.3 Å². The van der Waals surface area contributed by atoms with Crippen LogP contribution in [0.25, 0.3) is 0 Å². The predicted octanol–water partition coefficient (Wildman–Crippen LogP) is -0.799. The van der Waals surface area contributed by atoms with Crippen molar-refractivity contribution in [2.75, 3.05) is 40.0 Å². The lowest BCUT2D eigenvalue weighted by molar-refractivity contribution is -0.121. The molecule has 1 N–H and O–H groups in total. The minimum Gasteiger partial charge on any atom is -0.448 e. The number of carbonyl (C=O) groups is 2. The molecule has 80 valence electrons. The molecule has 0 aliphatic carbocycles. The summed E-state index contributed by atoms with van der Waals surface area (Å²) in [5.41, 5.74) is 0. The largest absolute Gasteiger partial charge is 0.448 e. The maximum atomic E-state index is 11.2. The van der Waals surface area contributed by atoms with Crippen LogP contribution in [0.15, 0.2) is 0 Å². The molecule has 0 atom stereocenters. The zero-order valence-electron chi connectivity index (χ0n) is 8.12. The highest BCUT2D eigenvalue weighted by molar-refractivity contribution is 5.82. The van der Waals surface area contributed by atoms with Crippen molar-refractivity contribution < 1.29 is 19.1 Å². The number of amides is 2. The fraction of sp³-hybridized carbons (Fsp3) is 0.750. The van der Waals surface area contributed by atoms with E-state index in [9.17, 15) is 9.59 Å². The van der Waals surface area contributed by atoms with E-state index < -0.39 is 6.09 Å². The molecule has 14 heavy (non-hydrogen) atoms. The number of methoxy groups -OCH3 is 1. The summed E-state index contributed by atoms with van der Waals surface area (Å²) in [6.07, 6.45) is -0.424. The van der Waals surface area contributed by atoms with Gasteiger partial charge >= 0.3 is 6.09 Å². The van der Waals surface area contributed by atoms with E-state index in [1.807, 2.05) is 0 Å². The average Bonchev–Trinajstić information content (AvgIpc) is 2.52. The van der Waals surface area contributed by atoms with Crippen molar-refractivity contribution in [3.8, 4) is 0 Å². The fourth-order valence-electron chi connectivity index (χ4n) is 1.09. The number of nitrogens with zero attached hydrogens (tertiary/aromatic N) is 1. The van der Waals surface area contributed by atoms with Gasteiger partial charge < -0.3 is 14.8 Å². The molecule has 2 amide bonds. The van der Waals surface area contributed by atoms with Crippen LogP contribution in [0.4, 0.5) is 4.79 Å². The highest BCUT2D eigenvalue weighted by Crippen LogP contribution is 2.01. The number of carbonyl (C=O) groups excluding carboxylic acids is 2. The third-order valence-electron chi connectivity index (χ3n) is 1.81. The SMILES string of the molecule is COCCNC(=O)CN1CCOC1=O. The lowest BCUT2D eigenvalue weighted by atomic mass is 10.5. The van der Waals surface area contributed by atoms with Crippen LogP contribution in [-0.4, -0.2) is 56.9 Å². The summed E-state index contributed by atoms with van der Waals surface area (Å²) < 4.78 is 9.44. The van der Waals surface area contributed by atoms with E-state index in [-0.39, 0.29) is 12.5 Å². The zero-order chi connectivity index (χ0) is 10.4.